The van der Waals surface area contributed by atoms with Crippen molar-refractivity contribution in [3.63, 3.8) is 0 Å². The molecule has 0 saturated heterocycles. The van der Waals surface area contributed by atoms with E-state index in [0.29, 0.717) is 12.1 Å². The molecule has 20 heavy (non-hydrogen) atoms. The molecule has 0 N–H and O–H groups in total. The first-order valence-corrected chi connectivity index (χ1v) is 5.58. The zero-order valence-corrected chi connectivity index (χ0v) is 10.5. The predicted octanol–water partition coefficient (Wildman–Crippen LogP) is 2.86. The molecule has 0 aromatic heterocycles. The van der Waals surface area contributed by atoms with Crippen LogP contribution in [-0.4, -0.2) is 23.5 Å². The number of nitriles is 1. The first kappa shape index (κ1) is 15.8. The van der Waals surface area contributed by atoms with Crippen molar-refractivity contribution in [2.24, 2.45) is 0 Å². The van der Waals surface area contributed by atoms with Crippen molar-refractivity contribution in [3.05, 3.63) is 33.4 Å². The Labute approximate surface area is 114 Å². The lowest BCUT2D eigenvalue weighted by Gasteiger charge is -2.10. The lowest BCUT2D eigenvalue weighted by atomic mass is 10.1. The van der Waals surface area contributed by atoms with Gasteiger partial charge >= 0.3 is 11.5 Å². The number of hydrogen-bond acceptors (Lipinski definition) is 6. The van der Waals surface area contributed by atoms with E-state index in [2.05, 4.69) is 4.74 Å². The molecular formula is C10H5F3N2O4S. The van der Waals surface area contributed by atoms with E-state index < -0.39 is 49.9 Å². The monoisotopic (exact) mass is 306 g/mol. The molecule has 0 saturated carbocycles. The van der Waals surface area contributed by atoms with Gasteiger partial charge in [-0.3, -0.25) is 10.1 Å². The summed E-state index contributed by atoms with van der Waals surface area (Å²) >= 11 is -0.693. The summed E-state index contributed by atoms with van der Waals surface area (Å²) in [7, 11) is 0.942. The van der Waals surface area contributed by atoms with Crippen LogP contribution in [0.3, 0.4) is 0 Å². The van der Waals surface area contributed by atoms with Gasteiger partial charge in [-0.05, 0) is 17.8 Å². The van der Waals surface area contributed by atoms with Crippen LogP contribution in [0.5, 0.6) is 0 Å². The average molecular weight is 306 g/mol. The second-order valence-corrected chi connectivity index (χ2v) is 4.38. The minimum absolute atomic E-state index is 0.526. The zero-order chi connectivity index (χ0) is 15.5. The van der Waals surface area contributed by atoms with Crippen molar-refractivity contribution < 1.29 is 27.6 Å². The number of nitro benzene ring substituents is 1. The van der Waals surface area contributed by atoms with Gasteiger partial charge in [0.05, 0.1) is 17.6 Å². The third kappa shape index (κ3) is 3.61. The summed E-state index contributed by atoms with van der Waals surface area (Å²) in [5.74, 6) is -1.12. The maximum atomic E-state index is 12.4. The molecule has 106 valence electrons. The Balaban J connectivity index is 3.53. The number of ether oxygens (including phenoxy) is 1. The number of nitrogens with zero attached hydrogens (tertiary/aromatic N) is 2. The molecule has 0 fully saturated rings. The number of halogens is 3. The third-order valence-electron chi connectivity index (χ3n) is 2.05. The first-order chi connectivity index (χ1) is 9.19. The highest BCUT2D eigenvalue weighted by atomic mass is 32.2. The van der Waals surface area contributed by atoms with Crippen LogP contribution in [-0.2, 0) is 4.74 Å². The van der Waals surface area contributed by atoms with E-state index in [4.69, 9.17) is 5.26 Å². The number of alkyl halides is 3. The maximum absolute atomic E-state index is 12.4. The molecule has 0 amide bonds. The number of benzene rings is 1. The SMILES string of the molecule is COC(=O)c1cc(C#N)c([N+](=O)[O-])cc1SC(F)(F)F. The summed E-state index contributed by atoms with van der Waals surface area (Å²) in [5, 5.41) is 19.4. The Morgan fingerprint density at radius 1 is 1.50 bits per heavy atom. The Bertz CT molecular complexity index is 610. The topological polar surface area (TPSA) is 93.2 Å². The molecule has 0 spiro atoms. The molecule has 6 nitrogen and oxygen atoms in total. The Kier molecular flexibility index (Phi) is 4.57. The predicted molar refractivity (Wildman–Crippen MR) is 61.1 cm³/mol. The zero-order valence-electron chi connectivity index (χ0n) is 9.72. The van der Waals surface area contributed by atoms with Crippen LogP contribution in [0.25, 0.3) is 0 Å². The van der Waals surface area contributed by atoms with Gasteiger partial charge in [-0.1, -0.05) is 0 Å². The molecule has 0 heterocycles. The first-order valence-electron chi connectivity index (χ1n) is 4.76. The van der Waals surface area contributed by atoms with Gasteiger partial charge in [-0.15, -0.1) is 0 Å². The van der Waals surface area contributed by atoms with Crippen LogP contribution in [0.4, 0.5) is 18.9 Å². The minimum atomic E-state index is -4.75. The number of esters is 1. The van der Waals surface area contributed by atoms with Crippen molar-refractivity contribution in [3.8, 4) is 6.07 Å². The highest BCUT2D eigenvalue weighted by Crippen LogP contribution is 2.41. The number of nitro groups is 1. The number of hydrogen-bond donors (Lipinski definition) is 0. The fraction of sp³-hybridized carbons (Fsp3) is 0.200. The van der Waals surface area contributed by atoms with Gasteiger partial charge in [0.25, 0.3) is 5.69 Å². The van der Waals surface area contributed by atoms with Gasteiger partial charge in [0.1, 0.15) is 11.6 Å². The molecular weight excluding hydrogens is 301 g/mol. The lowest BCUT2D eigenvalue weighted by molar-refractivity contribution is -0.385. The van der Waals surface area contributed by atoms with Gasteiger partial charge in [-0.2, -0.15) is 18.4 Å². The van der Waals surface area contributed by atoms with Crippen LogP contribution >= 0.6 is 11.8 Å². The fourth-order valence-corrected chi connectivity index (χ4v) is 1.96. The lowest BCUT2D eigenvalue weighted by Crippen LogP contribution is -2.08. The Hall–Kier alpha value is -2.28. The Morgan fingerprint density at radius 3 is 2.50 bits per heavy atom. The van der Waals surface area contributed by atoms with E-state index in [1.165, 1.54) is 6.07 Å². The van der Waals surface area contributed by atoms with Crippen LogP contribution < -0.4 is 0 Å². The molecule has 0 atom stereocenters. The second kappa shape index (κ2) is 5.79. The van der Waals surface area contributed by atoms with Crippen LogP contribution in [0.1, 0.15) is 15.9 Å². The van der Waals surface area contributed by atoms with Gasteiger partial charge in [0, 0.05) is 11.0 Å². The summed E-state index contributed by atoms with van der Waals surface area (Å²) in [4.78, 5) is 20.4. The largest absolute Gasteiger partial charge is 0.465 e. The molecule has 1 aromatic carbocycles. The summed E-state index contributed by atoms with van der Waals surface area (Å²) in [5.41, 5.74) is -6.64. The van der Waals surface area contributed by atoms with Gasteiger partial charge in [0.15, 0.2) is 0 Å². The minimum Gasteiger partial charge on any atom is -0.465 e. The maximum Gasteiger partial charge on any atom is 0.446 e. The van der Waals surface area contributed by atoms with E-state index in [1.807, 2.05) is 0 Å². The highest BCUT2D eigenvalue weighted by Gasteiger charge is 2.33. The van der Waals surface area contributed by atoms with Crippen molar-refractivity contribution in [2.75, 3.05) is 7.11 Å². The van der Waals surface area contributed by atoms with Crippen LogP contribution in [0.15, 0.2) is 17.0 Å². The number of thioether (sulfide) groups is 1. The van der Waals surface area contributed by atoms with Crippen molar-refractivity contribution in [1.29, 1.82) is 5.26 Å². The average Bonchev–Trinajstić information content (AvgIpc) is 2.35. The van der Waals surface area contributed by atoms with Crippen LogP contribution in [0.2, 0.25) is 0 Å². The van der Waals surface area contributed by atoms with Crippen molar-refractivity contribution in [2.45, 2.75) is 10.4 Å². The fourth-order valence-electron chi connectivity index (χ4n) is 1.29. The summed E-state index contributed by atoms with van der Waals surface area (Å²) < 4.78 is 41.4. The third-order valence-corrected chi connectivity index (χ3v) is 2.84. The van der Waals surface area contributed by atoms with Crippen molar-refractivity contribution in [1.82, 2.24) is 0 Å². The molecule has 0 aliphatic heterocycles. The van der Waals surface area contributed by atoms with E-state index in [9.17, 15) is 28.1 Å². The van der Waals surface area contributed by atoms with E-state index >= 15 is 0 Å². The standard InChI is InChI=1S/C10H5F3N2O4S/c1-19-9(16)6-2-5(4-14)7(15(17)18)3-8(6)20-10(11,12)13/h2-3H,1H3. The molecule has 0 bridgehead atoms. The van der Waals surface area contributed by atoms with Gasteiger partial charge in [0.2, 0.25) is 0 Å². The number of carbonyl (C=O) groups is 1. The van der Waals surface area contributed by atoms with Crippen molar-refractivity contribution >= 4 is 23.4 Å². The van der Waals surface area contributed by atoms with E-state index in [-0.39, 0.29) is 0 Å². The van der Waals surface area contributed by atoms with E-state index in [0.717, 1.165) is 7.11 Å². The van der Waals surface area contributed by atoms with Crippen LogP contribution in [0, 0.1) is 21.4 Å². The molecule has 1 aromatic rings. The quantitative estimate of drug-likeness (QED) is 0.369. The Morgan fingerprint density at radius 2 is 2.10 bits per heavy atom. The van der Waals surface area contributed by atoms with E-state index in [1.54, 1.807) is 0 Å². The molecule has 0 unspecified atom stereocenters. The normalized spacial score (nSPS) is 10.8. The van der Waals surface area contributed by atoms with Gasteiger partial charge in [-0.25, -0.2) is 4.79 Å². The number of carbonyl (C=O) groups excluding carboxylic acids is 1. The molecule has 0 aliphatic carbocycles. The molecule has 0 aliphatic rings. The number of methoxy groups -OCH3 is 1. The van der Waals surface area contributed by atoms with Gasteiger partial charge < -0.3 is 4.74 Å². The summed E-state index contributed by atoms with van der Waals surface area (Å²) in [6, 6.07) is 2.68. The molecule has 1 rings (SSSR count). The molecule has 0 radical (unpaired) electrons. The summed E-state index contributed by atoms with van der Waals surface area (Å²) in [6.07, 6.45) is 0. The second-order valence-electron chi connectivity index (χ2n) is 3.27. The smallest absolute Gasteiger partial charge is 0.446 e. The summed E-state index contributed by atoms with van der Waals surface area (Å²) in [6.45, 7) is 0. The highest BCUT2D eigenvalue weighted by molar-refractivity contribution is 8.00. The molecule has 10 heteroatoms. The number of rotatable bonds is 3.